The minimum Gasteiger partial charge on any atom is -0.371 e. The molecule has 1 saturated heterocycles. The van der Waals surface area contributed by atoms with Gasteiger partial charge in [-0.05, 0) is 31.4 Å². The van der Waals surface area contributed by atoms with Gasteiger partial charge in [-0.1, -0.05) is 30.3 Å². The van der Waals surface area contributed by atoms with Crippen LogP contribution in [0.3, 0.4) is 0 Å². The number of hydrogen-bond donors (Lipinski definition) is 1. The number of aryl methyl sites for hydroxylation is 2. The minimum absolute atomic E-state index is 0.0512. The fourth-order valence-corrected chi connectivity index (χ4v) is 4.48. The lowest BCUT2D eigenvalue weighted by Crippen LogP contribution is -2.44. The Morgan fingerprint density at radius 2 is 2.10 bits per heavy atom. The highest BCUT2D eigenvalue weighted by molar-refractivity contribution is 5.80. The summed E-state index contributed by atoms with van der Waals surface area (Å²) < 4.78 is 9.87. The quantitative estimate of drug-likeness (QED) is 0.701. The van der Waals surface area contributed by atoms with Gasteiger partial charge in [0.05, 0.1) is 24.7 Å². The standard InChI is InChI=1S/C22H26N6O2/c1-15-24-20-8-7-17(14-28(20)26-15)25-22(29)18-10-12-30-21(18)19-9-11-23-27(19)13-16-5-3-2-4-6-16/h2-6,9,11,17-18,21H,7-8,10,12-14H2,1H3,(H,25,29)/t17-,18+,21+/m1/s1. The van der Waals surface area contributed by atoms with Crippen molar-refractivity contribution in [1.29, 1.82) is 0 Å². The van der Waals surface area contributed by atoms with Crippen LogP contribution in [-0.2, 0) is 29.0 Å². The number of fused-ring (bicyclic) bond motifs is 1. The number of amides is 1. The molecule has 5 rings (SSSR count). The van der Waals surface area contributed by atoms with E-state index in [1.165, 1.54) is 5.56 Å². The Hall–Kier alpha value is -3.00. The van der Waals surface area contributed by atoms with Gasteiger partial charge in [0.1, 0.15) is 17.8 Å². The van der Waals surface area contributed by atoms with Crippen molar-refractivity contribution in [3.05, 3.63) is 65.5 Å². The maximum Gasteiger partial charge on any atom is 0.226 e. The first kappa shape index (κ1) is 19.0. The molecule has 4 heterocycles. The first-order chi connectivity index (χ1) is 14.7. The summed E-state index contributed by atoms with van der Waals surface area (Å²) in [5.41, 5.74) is 2.12. The molecule has 30 heavy (non-hydrogen) atoms. The molecule has 8 nitrogen and oxygen atoms in total. The lowest BCUT2D eigenvalue weighted by molar-refractivity contribution is -0.127. The van der Waals surface area contributed by atoms with Gasteiger partial charge in [0.25, 0.3) is 0 Å². The molecule has 0 saturated carbocycles. The van der Waals surface area contributed by atoms with E-state index in [0.717, 1.165) is 30.2 Å². The average molecular weight is 406 g/mol. The molecule has 156 valence electrons. The van der Waals surface area contributed by atoms with Gasteiger partial charge in [-0.3, -0.25) is 9.48 Å². The second-order valence-corrected chi connectivity index (χ2v) is 8.09. The molecule has 0 aliphatic carbocycles. The van der Waals surface area contributed by atoms with Crippen molar-refractivity contribution in [2.45, 2.75) is 51.4 Å². The van der Waals surface area contributed by atoms with E-state index in [4.69, 9.17) is 4.74 Å². The van der Waals surface area contributed by atoms with E-state index in [2.05, 4.69) is 32.6 Å². The Labute approximate surface area is 175 Å². The number of carbonyl (C=O) groups is 1. The Balaban J connectivity index is 1.28. The third-order valence-electron chi connectivity index (χ3n) is 5.95. The Morgan fingerprint density at radius 3 is 2.97 bits per heavy atom. The molecule has 2 aliphatic rings. The van der Waals surface area contributed by atoms with Crippen LogP contribution in [0.4, 0.5) is 0 Å². The van der Waals surface area contributed by atoms with Gasteiger partial charge >= 0.3 is 0 Å². The topological polar surface area (TPSA) is 86.9 Å². The summed E-state index contributed by atoms with van der Waals surface area (Å²) in [5, 5.41) is 12.1. The van der Waals surface area contributed by atoms with Gasteiger partial charge in [-0.15, -0.1) is 0 Å². The predicted octanol–water partition coefficient (Wildman–Crippen LogP) is 2.04. The molecule has 1 amide bonds. The summed E-state index contributed by atoms with van der Waals surface area (Å²) in [7, 11) is 0. The first-order valence-corrected chi connectivity index (χ1v) is 10.6. The summed E-state index contributed by atoms with van der Waals surface area (Å²) in [6.45, 7) is 3.81. The van der Waals surface area contributed by atoms with Crippen molar-refractivity contribution in [3.63, 3.8) is 0 Å². The Kier molecular flexibility index (Phi) is 5.08. The normalized spacial score (nSPS) is 23.3. The van der Waals surface area contributed by atoms with Gasteiger partial charge in [0.15, 0.2) is 0 Å². The lowest BCUT2D eigenvalue weighted by atomic mass is 9.96. The maximum absolute atomic E-state index is 13.1. The number of benzene rings is 1. The molecular weight excluding hydrogens is 380 g/mol. The van der Waals surface area contributed by atoms with Gasteiger partial charge in [-0.2, -0.15) is 10.2 Å². The summed E-state index contributed by atoms with van der Waals surface area (Å²) in [4.78, 5) is 17.6. The molecule has 3 atom stereocenters. The number of aromatic nitrogens is 5. The smallest absolute Gasteiger partial charge is 0.226 e. The summed E-state index contributed by atoms with van der Waals surface area (Å²) >= 11 is 0. The van der Waals surface area contributed by atoms with E-state index in [9.17, 15) is 4.79 Å². The number of nitrogens with zero attached hydrogens (tertiary/aromatic N) is 5. The maximum atomic E-state index is 13.1. The second kappa shape index (κ2) is 8.02. The van der Waals surface area contributed by atoms with E-state index >= 15 is 0 Å². The van der Waals surface area contributed by atoms with Crippen LogP contribution in [0.5, 0.6) is 0 Å². The molecule has 1 aromatic carbocycles. The van der Waals surface area contributed by atoms with Crippen LogP contribution in [0.25, 0.3) is 0 Å². The van der Waals surface area contributed by atoms with Crippen molar-refractivity contribution < 1.29 is 9.53 Å². The van der Waals surface area contributed by atoms with Crippen molar-refractivity contribution in [1.82, 2.24) is 29.9 Å². The molecule has 0 spiro atoms. The van der Waals surface area contributed by atoms with E-state index in [-0.39, 0.29) is 24.0 Å². The molecule has 1 N–H and O–H groups in total. The van der Waals surface area contributed by atoms with Crippen molar-refractivity contribution in [2.24, 2.45) is 5.92 Å². The Bertz CT molecular complexity index is 1030. The summed E-state index contributed by atoms with van der Waals surface area (Å²) in [5.74, 6) is 1.63. The van der Waals surface area contributed by atoms with Gasteiger partial charge in [0, 0.05) is 25.3 Å². The van der Waals surface area contributed by atoms with Crippen molar-refractivity contribution in [2.75, 3.05) is 6.61 Å². The predicted molar refractivity (Wildman–Crippen MR) is 110 cm³/mol. The summed E-state index contributed by atoms with van der Waals surface area (Å²) in [6, 6.07) is 12.2. The fraction of sp³-hybridized carbons (Fsp3) is 0.455. The minimum atomic E-state index is -0.274. The first-order valence-electron chi connectivity index (χ1n) is 10.6. The molecule has 0 unspecified atom stereocenters. The molecule has 2 aliphatic heterocycles. The van der Waals surface area contributed by atoms with Crippen LogP contribution in [0.15, 0.2) is 42.6 Å². The summed E-state index contributed by atoms with van der Waals surface area (Å²) in [6.07, 6.45) is 3.94. The van der Waals surface area contributed by atoms with Crippen LogP contribution >= 0.6 is 0 Å². The number of rotatable bonds is 5. The molecule has 2 aromatic heterocycles. The zero-order valence-corrected chi connectivity index (χ0v) is 17.1. The largest absolute Gasteiger partial charge is 0.371 e. The van der Waals surface area contributed by atoms with Crippen molar-refractivity contribution >= 4 is 5.91 Å². The second-order valence-electron chi connectivity index (χ2n) is 8.09. The molecule has 0 radical (unpaired) electrons. The van der Waals surface area contributed by atoms with Gasteiger partial charge < -0.3 is 10.1 Å². The molecular formula is C22H26N6O2. The van der Waals surface area contributed by atoms with Crippen LogP contribution < -0.4 is 5.32 Å². The molecule has 3 aromatic rings. The van der Waals surface area contributed by atoms with Crippen LogP contribution in [0.1, 0.15) is 41.9 Å². The van der Waals surface area contributed by atoms with E-state index in [0.29, 0.717) is 26.1 Å². The average Bonchev–Trinajstić information content (AvgIpc) is 3.46. The molecule has 0 bridgehead atoms. The number of carbonyl (C=O) groups excluding carboxylic acids is 1. The monoisotopic (exact) mass is 406 g/mol. The third-order valence-corrected chi connectivity index (χ3v) is 5.95. The van der Waals surface area contributed by atoms with E-state index in [1.54, 1.807) is 6.20 Å². The number of nitrogens with one attached hydrogen (secondary N) is 1. The highest BCUT2D eigenvalue weighted by Crippen LogP contribution is 2.35. The van der Waals surface area contributed by atoms with Crippen LogP contribution in [-0.4, -0.2) is 43.1 Å². The SMILES string of the molecule is Cc1nc2n(n1)C[C@H](NC(=O)[C@H]1CCO[C@@H]1c1ccnn1Cc1ccccc1)CC2. The third kappa shape index (κ3) is 3.75. The van der Waals surface area contributed by atoms with Crippen LogP contribution in [0, 0.1) is 12.8 Å². The molecule has 1 fully saturated rings. The Morgan fingerprint density at radius 1 is 1.23 bits per heavy atom. The highest BCUT2D eigenvalue weighted by Gasteiger charge is 2.38. The van der Waals surface area contributed by atoms with Gasteiger partial charge in [-0.25, -0.2) is 9.67 Å². The van der Waals surface area contributed by atoms with Crippen molar-refractivity contribution in [3.8, 4) is 0 Å². The molecule has 8 heteroatoms. The van der Waals surface area contributed by atoms with E-state index < -0.39 is 0 Å². The zero-order valence-electron chi connectivity index (χ0n) is 17.1. The zero-order chi connectivity index (χ0) is 20.5. The van der Waals surface area contributed by atoms with E-state index in [1.807, 2.05) is 40.6 Å². The fourth-order valence-electron chi connectivity index (χ4n) is 4.48. The highest BCUT2D eigenvalue weighted by atomic mass is 16.5. The number of ether oxygens (including phenoxy) is 1. The lowest BCUT2D eigenvalue weighted by Gasteiger charge is -2.26. The van der Waals surface area contributed by atoms with Crippen LogP contribution in [0.2, 0.25) is 0 Å². The van der Waals surface area contributed by atoms with Gasteiger partial charge in [0.2, 0.25) is 5.91 Å². The number of hydrogen-bond acceptors (Lipinski definition) is 5.